The Labute approximate surface area is 219 Å². The van der Waals surface area contributed by atoms with Gasteiger partial charge in [-0.15, -0.1) is 0 Å². The van der Waals surface area contributed by atoms with E-state index in [1.54, 1.807) is 6.07 Å². The molecule has 2 aromatic heterocycles. The zero-order valence-electron chi connectivity index (χ0n) is 21.0. The molecule has 0 N–H and O–H groups in total. The molecule has 2 aromatic carbocycles. The molecule has 204 valence electrons. The summed E-state index contributed by atoms with van der Waals surface area (Å²) in [6.07, 6.45) is -3.33. The van der Waals surface area contributed by atoms with E-state index in [0.717, 1.165) is 0 Å². The van der Waals surface area contributed by atoms with E-state index >= 15 is 0 Å². The van der Waals surface area contributed by atoms with Gasteiger partial charge < -0.3 is 14.3 Å². The number of hydrogen-bond donors (Lipinski definition) is 0. The normalized spacial score (nSPS) is 14.7. The second-order valence-corrected chi connectivity index (χ2v) is 9.54. The zero-order valence-corrected chi connectivity index (χ0v) is 21.0. The summed E-state index contributed by atoms with van der Waals surface area (Å²) in [5, 5.41) is 3.86. The fourth-order valence-corrected chi connectivity index (χ4v) is 4.71. The third-order valence-electron chi connectivity index (χ3n) is 6.59. The molecule has 1 aliphatic heterocycles. The number of alkyl halides is 3. The van der Waals surface area contributed by atoms with Crippen molar-refractivity contribution in [2.45, 2.75) is 31.4 Å². The van der Waals surface area contributed by atoms with E-state index in [1.165, 1.54) is 49.6 Å². The number of anilines is 1. The summed E-state index contributed by atoms with van der Waals surface area (Å²) in [6.45, 7) is 0.908. The molecule has 0 atom stereocenters. The number of fused-ring (bicyclic) bond motifs is 1. The maximum Gasteiger partial charge on any atom is 0.396 e. The lowest BCUT2D eigenvalue weighted by Gasteiger charge is -2.32. The van der Waals surface area contributed by atoms with Gasteiger partial charge in [0.05, 0.1) is 11.1 Å². The molecule has 0 spiro atoms. The Hall–Kier alpha value is -4.16. The quantitative estimate of drug-likeness (QED) is 0.320. The first kappa shape index (κ1) is 26.4. The van der Waals surface area contributed by atoms with Crippen molar-refractivity contribution in [1.29, 1.82) is 0 Å². The summed E-state index contributed by atoms with van der Waals surface area (Å²) >= 11 is 0. The molecule has 1 saturated heterocycles. The van der Waals surface area contributed by atoms with Crippen LogP contribution < -0.4 is 4.90 Å². The third-order valence-corrected chi connectivity index (χ3v) is 6.59. The first-order valence-corrected chi connectivity index (χ1v) is 12.1. The van der Waals surface area contributed by atoms with Gasteiger partial charge in [-0.1, -0.05) is 11.2 Å². The molecule has 0 radical (unpaired) electrons. The highest BCUT2D eigenvalue weighted by Gasteiger charge is 2.32. The van der Waals surface area contributed by atoms with Gasteiger partial charge in [0.25, 0.3) is 5.91 Å². The van der Waals surface area contributed by atoms with Crippen molar-refractivity contribution in [2.24, 2.45) is 0 Å². The van der Waals surface area contributed by atoms with Crippen LogP contribution in [0.5, 0.6) is 0 Å². The number of piperidine rings is 1. The van der Waals surface area contributed by atoms with Crippen LogP contribution in [0.25, 0.3) is 22.0 Å². The maximum atomic E-state index is 14.8. The van der Waals surface area contributed by atoms with Crippen LogP contribution in [-0.2, 0) is 6.42 Å². The van der Waals surface area contributed by atoms with Crippen molar-refractivity contribution in [1.82, 2.24) is 25.0 Å². The van der Waals surface area contributed by atoms with Gasteiger partial charge in [0.15, 0.2) is 5.82 Å². The highest BCUT2D eigenvalue weighted by atomic mass is 19.4. The summed E-state index contributed by atoms with van der Waals surface area (Å²) in [6, 6.07) is 6.63. The number of hydrogen-bond acceptors (Lipinski definition) is 7. The first-order valence-electron chi connectivity index (χ1n) is 12.1. The largest absolute Gasteiger partial charge is 0.396 e. The van der Waals surface area contributed by atoms with Gasteiger partial charge >= 0.3 is 6.18 Å². The smallest absolute Gasteiger partial charge is 0.356 e. The van der Waals surface area contributed by atoms with Gasteiger partial charge in [0.2, 0.25) is 5.89 Å². The predicted molar refractivity (Wildman–Crippen MR) is 131 cm³/mol. The Kier molecular flexibility index (Phi) is 6.91. The summed E-state index contributed by atoms with van der Waals surface area (Å²) < 4.78 is 72.6. The number of carbonyl (C=O) groups is 1. The minimum atomic E-state index is -4.43. The molecule has 0 aliphatic carbocycles. The molecule has 0 unspecified atom stereocenters. The Morgan fingerprint density at radius 3 is 2.51 bits per heavy atom. The van der Waals surface area contributed by atoms with Gasteiger partial charge in [-0.05, 0) is 42.7 Å². The van der Waals surface area contributed by atoms with Crippen molar-refractivity contribution < 1.29 is 31.3 Å². The van der Waals surface area contributed by atoms with E-state index in [1.807, 2.05) is 4.90 Å². The number of rotatable bonds is 5. The number of amides is 1. The molecular formula is C26H23F5N6O2. The molecule has 1 fully saturated rings. The Bertz CT molecular complexity index is 1530. The van der Waals surface area contributed by atoms with Crippen LogP contribution in [0.3, 0.4) is 0 Å². The number of benzene rings is 2. The Morgan fingerprint density at radius 2 is 1.85 bits per heavy atom. The highest BCUT2D eigenvalue weighted by molar-refractivity contribution is 6.00. The summed E-state index contributed by atoms with van der Waals surface area (Å²) in [4.78, 5) is 28.0. The summed E-state index contributed by atoms with van der Waals surface area (Å²) in [5.74, 6) is -1.79. The van der Waals surface area contributed by atoms with Crippen LogP contribution in [0.1, 0.15) is 40.8 Å². The van der Waals surface area contributed by atoms with Crippen LogP contribution in [0.4, 0.5) is 27.8 Å². The van der Waals surface area contributed by atoms with Crippen molar-refractivity contribution in [3.05, 3.63) is 65.6 Å². The van der Waals surface area contributed by atoms with Crippen molar-refractivity contribution in [3.63, 3.8) is 0 Å². The lowest BCUT2D eigenvalue weighted by Crippen LogP contribution is -2.33. The fraction of sp³-hybridized carbons (Fsp3) is 0.346. The molecule has 3 heterocycles. The molecule has 1 amide bonds. The monoisotopic (exact) mass is 546 g/mol. The SMILES string of the molecule is CN(C)C(=O)c1ccc(-c2cc(F)cc3c(N4CCC(c5nc(CC(F)(F)F)no5)CC4)ncnc23)cc1F. The lowest BCUT2D eigenvalue weighted by molar-refractivity contribution is -0.128. The highest BCUT2D eigenvalue weighted by Crippen LogP contribution is 2.36. The van der Waals surface area contributed by atoms with Gasteiger partial charge in [0, 0.05) is 44.1 Å². The molecule has 0 saturated carbocycles. The minimum absolute atomic E-state index is 0.102. The number of halogens is 5. The standard InChI is InChI=1S/C26H23F5N6O2/c1-36(2)25(38)17-4-3-15(9-20(17)28)18-10-16(27)11-19-22(18)32-13-33-23(19)37-7-5-14(6-8-37)24-34-21(35-39-24)12-26(29,30)31/h3-4,9-11,13-14H,5-8,12H2,1-2H3. The van der Waals surface area contributed by atoms with E-state index in [-0.39, 0.29) is 17.4 Å². The zero-order chi connectivity index (χ0) is 27.9. The topological polar surface area (TPSA) is 88.3 Å². The molecule has 1 aliphatic rings. The van der Waals surface area contributed by atoms with Gasteiger partial charge in [-0.3, -0.25) is 4.79 Å². The summed E-state index contributed by atoms with van der Waals surface area (Å²) in [5.41, 5.74) is 0.994. The third kappa shape index (κ3) is 5.52. The molecule has 39 heavy (non-hydrogen) atoms. The van der Waals surface area contributed by atoms with Crippen LogP contribution in [0.15, 0.2) is 41.2 Å². The van der Waals surface area contributed by atoms with E-state index in [4.69, 9.17) is 4.52 Å². The molecule has 5 rings (SSSR count). The summed E-state index contributed by atoms with van der Waals surface area (Å²) in [7, 11) is 3.04. The second-order valence-electron chi connectivity index (χ2n) is 9.54. The average Bonchev–Trinajstić information content (AvgIpc) is 3.34. The van der Waals surface area contributed by atoms with Crippen LogP contribution in [-0.4, -0.2) is 64.3 Å². The van der Waals surface area contributed by atoms with Gasteiger partial charge in [-0.25, -0.2) is 18.7 Å². The maximum absolute atomic E-state index is 14.8. The van der Waals surface area contributed by atoms with Gasteiger partial charge in [-0.2, -0.15) is 18.2 Å². The van der Waals surface area contributed by atoms with Crippen molar-refractivity contribution >= 4 is 22.6 Å². The first-order chi connectivity index (χ1) is 18.5. The van der Waals surface area contributed by atoms with Crippen molar-refractivity contribution in [2.75, 3.05) is 32.1 Å². The second kappa shape index (κ2) is 10.2. The van der Waals surface area contributed by atoms with Crippen LogP contribution in [0, 0.1) is 11.6 Å². The number of nitrogens with zero attached hydrogens (tertiary/aromatic N) is 6. The van der Waals surface area contributed by atoms with E-state index in [9.17, 15) is 26.7 Å². The van der Waals surface area contributed by atoms with E-state index in [0.29, 0.717) is 53.8 Å². The predicted octanol–water partition coefficient (Wildman–Crippen LogP) is 5.15. The molecule has 0 bridgehead atoms. The van der Waals surface area contributed by atoms with Gasteiger partial charge in [0.1, 0.15) is 30.2 Å². The fourth-order valence-electron chi connectivity index (χ4n) is 4.71. The van der Waals surface area contributed by atoms with Crippen molar-refractivity contribution in [3.8, 4) is 11.1 Å². The van der Waals surface area contributed by atoms with Crippen LogP contribution >= 0.6 is 0 Å². The average molecular weight is 547 g/mol. The molecule has 13 heteroatoms. The number of carbonyl (C=O) groups excluding carboxylic acids is 1. The van der Waals surface area contributed by atoms with E-state index in [2.05, 4.69) is 20.1 Å². The molecule has 8 nitrogen and oxygen atoms in total. The van der Waals surface area contributed by atoms with E-state index < -0.39 is 36.0 Å². The minimum Gasteiger partial charge on any atom is -0.356 e. The van der Waals surface area contributed by atoms with Crippen LogP contribution in [0.2, 0.25) is 0 Å². The molecular weight excluding hydrogens is 523 g/mol. The lowest BCUT2D eigenvalue weighted by atomic mass is 9.96. The Morgan fingerprint density at radius 1 is 1.10 bits per heavy atom. The number of aromatic nitrogens is 4. The molecule has 4 aromatic rings. The Balaban J connectivity index is 1.41.